The molecule has 0 bridgehead atoms. The van der Waals surface area contributed by atoms with E-state index in [-0.39, 0.29) is 12.5 Å². The van der Waals surface area contributed by atoms with Gasteiger partial charge in [-0.3, -0.25) is 9.36 Å². The minimum absolute atomic E-state index is 0.0284. The summed E-state index contributed by atoms with van der Waals surface area (Å²) >= 11 is 0. The van der Waals surface area contributed by atoms with Gasteiger partial charge in [0.05, 0.1) is 13.2 Å². The van der Waals surface area contributed by atoms with Gasteiger partial charge in [-0.15, -0.1) is 0 Å². The number of ether oxygens (including phenoxy) is 1. The third-order valence-corrected chi connectivity index (χ3v) is 7.02. The molecule has 0 radical (unpaired) electrons. The van der Waals surface area contributed by atoms with Gasteiger partial charge in [-0.1, -0.05) is 42.5 Å². The van der Waals surface area contributed by atoms with Crippen LogP contribution in [0.5, 0.6) is 0 Å². The molecule has 0 amide bonds. The van der Waals surface area contributed by atoms with Crippen molar-refractivity contribution in [3.63, 3.8) is 0 Å². The SMILES string of the molecule is CCOC(=O)CN1CCCOP1(=O)CCc1cccc2ccccc12. The van der Waals surface area contributed by atoms with Crippen LogP contribution in [-0.4, -0.2) is 43.1 Å². The maximum absolute atomic E-state index is 13.3. The van der Waals surface area contributed by atoms with Crippen LogP contribution in [0.1, 0.15) is 18.9 Å². The Morgan fingerprint density at radius 1 is 1.24 bits per heavy atom. The predicted octanol–water partition coefficient (Wildman–Crippen LogP) is 3.86. The van der Waals surface area contributed by atoms with Crippen LogP contribution < -0.4 is 0 Å². The van der Waals surface area contributed by atoms with Crippen LogP contribution in [0.3, 0.4) is 0 Å². The predicted molar refractivity (Wildman–Crippen MR) is 98.9 cm³/mol. The van der Waals surface area contributed by atoms with Crippen molar-refractivity contribution in [2.75, 3.05) is 32.5 Å². The Hall–Kier alpha value is -1.68. The molecule has 0 saturated carbocycles. The van der Waals surface area contributed by atoms with Gasteiger partial charge in [0.1, 0.15) is 6.54 Å². The zero-order chi connectivity index (χ0) is 17.7. The molecule has 0 N–H and O–H groups in total. The summed E-state index contributed by atoms with van der Waals surface area (Å²) in [4.78, 5) is 11.8. The minimum atomic E-state index is -3.01. The van der Waals surface area contributed by atoms with Crippen LogP contribution in [-0.2, 0) is 25.0 Å². The number of carbonyl (C=O) groups is 1. The van der Waals surface area contributed by atoms with Gasteiger partial charge in [-0.25, -0.2) is 4.67 Å². The molecule has 2 aromatic carbocycles. The second-order valence-corrected chi connectivity index (χ2v) is 8.68. The lowest BCUT2D eigenvalue weighted by Crippen LogP contribution is -2.35. The summed E-state index contributed by atoms with van der Waals surface area (Å²) in [7, 11) is -3.01. The Bertz CT molecular complexity index is 787. The van der Waals surface area contributed by atoms with Crippen molar-refractivity contribution in [2.24, 2.45) is 0 Å². The summed E-state index contributed by atoms with van der Waals surface area (Å²) in [6.45, 7) is 3.21. The zero-order valence-corrected chi connectivity index (χ0v) is 15.4. The lowest BCUT2D eigenvalue weighted by Gasteiger charge is -2.34. The molecule has 1 atom stereocenters. The van der Waals surface area contributed by atoms with Gasteiger partial charge in [0.2, 0.25) is 0 Å². The molecule has 25 heavy (non-hydrogen) atoms. The first kappa shape index (κ1) is 18.1. The van der Waals surface area contributed by atoms with E-state index in [0.29, 0.717) is 32.3 Å². The molecule has 1 saturated heterocycles. The lowest BCUT2D eigenvalue weighted by atomic mass is 10.0. The van der Waals surface area contributed by atoms with Crippen molar-refractivity contribution in [3.8, 4) is 0 Å². The molecule has 1 aliphatic heterocycles. The average molecular weight is 361 g/mol. The molecule has 1 heterocycles. The first-order valence-electron chi connectivity index (χ1n) is 8.74. The van der Waals surface area contributed by atoms with Crippen LogP contribution in [0.2, 0.25) is 0 Å². The van der Waals surface area contributed by atoms with Crippen molar-refractivity contribution in [3.05, 3.63) is 48.0 Å². The number of nitrogens with zero attached hydrogens (tertiary/aromatic N) is 1. The minimum Gasteiger partial charge on any atom is -0.465 e. The number of fused-ring (bicyclic) bond motifs is 1. The van der Waals surface area contributed by atoms with Gasteiger partial charge in [0.15, 0.2) is 0 Å². The normalized spacial score (nSPS) is 21.3. The van der Waals surface area contributed by atoms with E-state index in [1.54, 1.807) is 11.6 Å². The molecule has 6 heteroatoms. The summed E-state index contributed by atoms with van der Waals surface area (Å²) in [6, 6.07) is 14.3. The van der Waals surface area contributed by atoms with E-state index >= 15 is 0 Å². The van der Waals surface area contributed by atoms with Crippen molar-refractivity contribution < 1.29 is 18.6 Å². The Kier molecular flexibility index (Phi) is 5.89. The molecule has 134 valence electrons. The van der Waals surface area contributed by atoms with E-state index in [9.17, 15) is 9.36 Å². The maximum Gasteiger partial charge on any atom is 0.320 e. The quantitative estimate of drug-likeness (QED) is 0.578. The summed E-state index contributed by atoms with van der Waals surface area (Å²) in [5.74, 6) is -0.349. The summed E-state index contributed by atoms with van der Waals surface area (Å²) in [5.41, 5.74) is 1.15. The molecule has 5 nitrogen and oxygen atoms in total. The van der Waals surface area contributed by atoms with Crippen LogP contribution in [0, 0.1) is 0 Å². The van der Waals surface area contributed by atoms with Crippen molar-refractivity contribution in [1.82, 2.24) is 4.67 Å². The number of hydrogen-bond acceptors (Lipinski definition) is 4. The molecule has 2 aromatic rings. The Balaban J connectivity index is 1.74. The van der Waals surface area contributed by atoms with Gasteiger partial charge in [-0.05, 0) is 36.1 Å². The van der Waals surface area contributed by atoms with Gasteiger partial charge in [-0.2, -0.15) is 0 Å². The number of benzene rings is 2. The lowest BCUT2D eigenvalue weighted by molar-refractivity contribution is -0.143. The van der Waals surface area contributed by atoms with E-state index in [4.69, 9.17) is 9.26 Å². The second-order valence-electron chi connectivity index (χ2n) is 6.13. The Morgan fingerprint density at radius 2 is 2.04 bits per heavy atom. The average Bonchev–Trinajstić information content (AvgIpc) is 2.62. The van der Waals surface area contributed by atoms with Gasteiger partial charge in [0.25, 0.3) is 7.52 Å². The van der Waals surface area contributed by atoms with Gasteiger partial charge in [0, 0.05) is 12.7 Å². The van der Waals surface area contributed by atoms with Crippen LogP contribution in [0.15, 0.2) is 42.5 Å². The summed E-state index contributed by atoms with van der Waals surface area (Å²) in [5, 5.41) is 2.34. The number of carbonyl (C=O) groups excluding carboxylic acids is 1. The topological polar surface area (TPSA) is 55.8 Å². The maximum atomic E-state index is 13.3. The standard InChI is InChI=1S/C19H24NO4P/c1-2-23-19(21)15-20-12-6-13-24-25(20,22)14-11-17-9-5-8-16-7-3-4-10-18(16)17/h3-5,7-10H,2,6,11-15H2,1H3. The third-order valence-electron chi connectivity index (χ3n) is 4.45. The fourth-order valence-corrected chi connectivity index (χ4v) is 5.50. The fraction of sp³-hybridized carbons (Fsp3) is 0.421. The zero-order valence-electron chi connectivity index (χ0n) is 14.5. The highest BCUT2D eigenvalue weighted by atomic mass is 31.2. The largest absolute Gasteiger partial charge is 0.465 e. The monoisotopic (exact) mass is 361 g/mol. The fourth-order valence-electron chi connectivity index (χ4n) is 3.21. The molecule has 1 fully saturated rings. The molecule has 3 rings (SSSR count). The van der Waals surface area contributed by atoms with Crippen molar-refractivity contribution in [1.29, 1.82) is 0 Å². The van der Waals surface area contributed by atoms with Crippen LogP contribution >= 0.6 is 7.52 Å². The smallest absolute Gasteiger partial charge is 0.320 e. The number of esters is 1. The van der Waals surface area contributed by atoms with Crippen molar-refractivity contribution in [2.45, 2.75) is 19.8 Å². The summed E-state index contributed by atoms with van der Waals surface area (Å²) in [6.07, 6.45) is 1.83. The number of rotatable bonds is 6. The Morgan fingerprint density at radius 3 is 2.88 bits per heavy atom. The van der Waals surface area contributed by atoms with Crippen LogP contribution in [0.4, 0.5) is 0 Å². The van der Waals surface area contributed by atoms with Crippen molar-refractivity contribution >= 4 is 24.3 Å². The third kappa shape index (κ3) is 4.30. The van der Waals surface area contributed by atoms with Crippen LogP contribution in [0.25, 0.3) is 10.8 Å². The first-order valence-corrected chi connectivity index (χ1v) is 10.5. The molecular formula is C19H24NO4P. The molecule has 1 aliphatic rings. The van der Waals surface area contributed by atoms with E-state index in [0.717, 1.165) is 12.0 Å². The highest BCUT2D eigenvalue weighted by Gasteiger charge is 2.36. The van der Waals surface area contributed by atoms with E-state index < -0.39 is 7.52 Å². The highest BCUT2D eigenvalue weighted by Crippen LogP contribution is 2.53. The number of aryl methyl sites for hydroxylation is 1. The molecule has 0 aromatic heterocycles. The molecule has 0 spiro atoms. The van der Waals surface area contributed by atoms with E-state index in [2.05, 4.69) is 24.3 Å². The highest BCUT2D eigenvalue weighted by molar-refractivity contribution is 7.56. The molecular weight excluding hydrogens is 337 g/mol. The Labute approximate surface area is 148 Å². The van der Waals surface area contributed by atoms with E-state index in [1.807, 2.05) is 18.2 Å². The number of hydrogen-bond donors (Lipinski definition) is 0. The molecule has 0 aliphatic carbocycles. The van der Waals surface area contributed by atoms with E-state index in [1.165, 1.54) is 10.8 Å². The first-order chi connectivity index (χ1) is 12.1. The summed E-state index contributed by atoms with van der Waals surface area (Å²) < 4.78 is 25.7. The molecule has 1 unspecified atom stereocenters. The second kappa shape index (κ2) is 8.13. The van der Waals surface area contributed by atoms with Gasteiger partial charge < -0.3 is 9.26 Å². The van der Waals surface area contributed by atoms with Gasteiger partial charge >= 0.3 is 5.97 Å².